The van der Waals surface area contributed by atoms with Gasteiger partial charge in [-0.1, -0.05) is 5.92 Å². The SMILES string of the molecule is C#Cc1ccnn1CC1CCCO1. The third kappa shape index (κ3) is 1.73. The van der Waals surface area contributed by atoms with E-state index >= 15 is 0 Å². The van der Waals surface area contributed by atoms with E-state index in [9.17, 15) is 0 Å². The van der Waals surface area contributed by atoms with Gasteiger partial charge in [0.2, 0.25) is 0 Å². The first-order valence-corrected chi connectivity index (χ1v) is 4.50. The molecule has 0 radical (unpaired) electrons. The monoisotopic (exact) mass is 176 g/mol. The van der Waals surface area contributed by atoms with Crippen molar-refractivity contribution >= 4 is 0 Å². The zero-order chi connectivity index (χ0) is 9.10. The van der Waals surface area contributed by atoms with Crippen LogP contribution in [0.1, 0.15) is 18.5 Å². The van der Waals surface area contributed by atoms with Crippen LogP contribution in [0.25, 0.3) is 0 Å². The van der Waals surface area contributed by atoms with Crippen LogP contribution in [0.4, 0.5) is 0 Å². The van der Waals surface area contributed by atoms with E-state index in [-0.39, 0.29) is 0 Å². The van der Waals surface area contributed by atoms with Gasteiger partial charge < -0.3 is 4.74 Å². The summed E-state index contributed by atoms with van der Waals surface area (Å²) >= 11 is 0. The first-order valence-electron chi connectivity index (χ1n) is 4.50. The third-order valence-electron chi connectivity index (χ3n) is 2.26. The van der Waals surface area contributed by atoms with Crippen LogP contribution in [0, 0.1) is 12.3 Å². The van der Waals surface area contributed by atoms with Crippen LogP contribution in [0.3, 0.4) is 0 Å². The van der Waals surface area contributed by atoms with Crippen LogP contribution < -0.4 is 0 Å². The predicted octanol–water partition coefficient (Wildman–Crippen LogP) is 1.04. The molecule has 2 rings (SSSR count). The summed E-state index contributed by atoms with van der Waals surface area (Å²) in [5, 5.41) is 4.14. The highest BCUT2D eigenvalue weighted by molar-refractivity contribution is 5.23. The molecule has 0 aliphatic carbocycles. The van der Waals surface area contributed by atoms with E-state index in [1.54, 1.807) is 6.20 Å². The number of hydrogen-bond donors (Lipinski definition) is 0. The molecule has 68 valence electrons. The van der Waals surface area contributed by atoms with Gasteiger partial charge in [-0.15, -0.1) is 6.42 Å². The second-order valence-corrected chi connectivity index (χ2v) is 3.18. The van der Waals surface area contributed by atoms with Gasteiger partial charge in [-0.3, -0.25) is 4.68 Å². The van der Waals surface area contributed by atoms with Crippen LogP contribution in [0.15, 0.2) is 12.3 Å². The highest BCUT2D eigenvalue weighted by Crippen LogP contribution is 2.14. The molecule has 1 aromatic heterocycles. The lowest BCUT2D eigenvalue weighted by Gasteiger charge is -2.09. The summed E-state index contributed by atoms with van der Waals surface area (Å²) in [5.74, 6) is 2.59. The molecule has 13 heavy (non-hydrogen) atoms. The van der Waals surface area contributed by atoms with Crippen molar-refractivity contribution in [2.75, 3.05) is 6.61 Å². The molecule has 0 N–H and O–H groups in total. The van der Waals surface area contributed by atoms with Gasteiger partial charge in [-0.25, -0.2) is 0 Å². The van der Waals surface area contributed by atoms with Crippen LogP contribution in [0.2, 0.25) is 0 Å². The van der Waals surface area contributed by atoms with Crippen molar-refractivity contribution in [3.8, 4) is 12.3 Å². The first kappa shape index (κ1) is 8.33. The Kier molecular flexibility index (Phi) is 2.33. The fourth-order valence-electron chi connectivity index (χ4n) is 1.58. The molecule has 0 amide bonds. The van der Waals surface area contributed by atoms with E-state index in [0.29, 0.717) is 6.10 Å². The quantitative estimate of drug-likeness (QED) is 0.630. The summed E-state index contributed by atoms with van der Waals surface area (Å²) in [4.78, 5) is 0. The molecule has 1 fully saturated rings. The first-order chi connectivity index (χ1) is 6.40. The number of nitrogens with zero attached hydrogens (tertiary/aromatic N) is 2. The van der Waals surface area contributed by atoms with Crippen LogP contribution >= 0.6 is 0 Å². The van der Waals surface area contributed by atoms with Crippen LogP contribution in [-0.4, -0.2) is 22.5 Å². The maximum atomic E-state index is 5.50. The standard InChI is InChI=1S/C10H12N2O/c1-2-9-5-6-11-12(9)8-10-4-3-7-13-10/h1,5-6,10H,3-4,7-8H2. The molecule has 0 saturated carbocycles. The highest BCUT2D eigenvalue weighted by Gasteiger charge is 2.16. The molecule has 3 nitrogen and oxygen atoms in total. The lowest BCUT2D eigenvalue weighted by Crippen LogP contribution is -2.16. The lowest BCUT2D eigenvalue weighted by molar-refractivity contribution is 0.0938. The van der Waals surface area contributed by atoms with Gasteiger partial charge in [0.15, 0.2) is 0 Å². The van der Waals surface area contributed by atoms with Gasteiger partial charge in [-0.2, -0.15) is 5.10 Å². The average Bonchev–Trinajstić information content (AvgIpc) is 2.76. The van der Waals surface area contributed by atoms with Gasteiger partial charge in [-0.05, 0) is 18.9 Å². The fourth-order valence-corrected chi connectivity index (χ4v) is 1.58. The Balaban J connectivity index is 2.04. The molecule has 3 heteroatoms. The summed E-state index contributed by atoms with van der Waals surface area (Å²) in [6, 6.07) is 1.84. The lowest BCUT2D eigenvalue weighted by atomic mass is 10.2. The minimum Gasteiger partial charge on any atom is -0.376 e. The Hall–Kier alpha value is -1.27. The van der Waals surface area contributed by atoms with Crippen molar-refractivity contribution in [1.29, 1.82) is 0 Å². The molecule has 0 spiro atoms. The molecule has 0 bridgehead atoms. The maximum Gasteiger partial charge on any atom is 0.110 e. The van der Waals surface area contributed by atoms with E-state index in [4.69, 9.17) is 11.2 Å². The van der Waals surface area contributed by atoms with Gasteiger partial charge in [0, 0.05) is 6.61 Å². The normalized spacial score (nSPS) is 21.6. The van der Waals surface area contributed by atoms with Crippen molar-refractivity contribution < 1.29 is 4.74 Å². The summed E-state index contributed by atoms with van der Waals surface area (Å²) in [6.45, 7) is 1.66. The molecule has 1 saturated heterocycles. The van der Waals surface area contributed by atoms with Gasteiger partial charge in [0.1, 0.15) is 5.69 Å². The van der Waals surface area contributed by atoms with Crippen LogP contribution in [-0.2, 0) is 11.3 Å². The zero-order valence-corrected chi connectivity index (χ0v) is 7.44. The molecular formula is C10H12N2O. The molecule has 1 aromatic rings. The predicted molar refractivity (Wildman–Crippen MR) is 49.1 cm³/mol. The third-order valence-corrected chi connectivity index (χ3v) is 2.26. The van der Waals surface area contributed by atoms with E-state index in [0.717, 1.165) is 31.7 Å². The Bertz CT molecular complexity index is 318. The van der Waals surface area contributed by atoms with Crippen molar-refractivity contribution in [3.63, 3.8) is 0 Å². The Morgan fingerprint density at radius 3 is 3.38 bits per heavy atom. The van der Waals surface area contributed by atoms with E-state index in [1.807, 2.05) is 10.7 Å². The van der Waals surface area contributed by atoms with Crippen molar-refractivity contribution in [2.24, 2.45) is 0 Å². The molecule has 0 aromatic carbocycles. The topological polar surface area (TPSA) is 27.1 Å². The van der Waals surface area contributed by atoms with E-state index < -0.39 is 0 Å². The van der Waals surface area contributed by atoms with Crippen molar-refractivity contribution in [2.45, 2.75) is 25.5 Å². The Morgan fingerprint density at radius 1 is 1.77 bits per heavy atom. The van der Waals surface area contributed by atoms with Gasteiger partial charge >= 0.3 is 0 Å². The fraction of sp³-hybridized carbons (Fsp3) is 0.500. The minimum absolute atomic E-state index is 0.298. The largest absolute Gasteiger partial charge is 0.376 e. The maximum absolute atomic E-state index is 5.50. The number of ether oxygens (including phenoxy) is 1. The van der Waals surface area contributed by atoms with Gasteiger partial charge in [0.05, 0.1) is 18.8 Å². The summed E-state index contributed by atoms with van der Waals surface area (Å²) in [7, 11) is 0. The van der Waals surface area contributed by atoms with E-state index in [2.05, 4.69) is 11.0 Å². The second-order valence-electron chi connectivity index (χ2n) is 3.18. The number of terminal acetylenes is 1. The summed E-state index contributed by atoms with van der Waals surface area (Å²) < 4.78 is 7.33. The van der Waals surface area contributed by atoms with E-state index in [1.165, 1.54) is 0 Å². The number of hydrogen-bond acceptors (Lipinski definition) is 2. The second kappa shape index (κ2) is 3.63. The zero-order valence-electron chi connectivity index (χ0n) is 7.44. The summed E-state index contributed by atoms with van der Waals surface area (Å²) in [6.07, 6.45) is 9.61. The molecule has 1 unspecified atom stereocenters. The number of rotatable bonds is 2. The molecule has 2 heterocycles. The molecule has 1 atom stereocenters. The Labute approximate surface area is 77.7 Å². The average molecular weight is 176 g/mol. The number of aromatic nitrogens is 2. The molecule has 1 aliphatic heterocycles. The van der Waals surface area contributed by atoms with Gasteiger partial charge in [0.25, 0.3) is 0 Å². The molecule has 1 aliphatic rings. The minimum atomic E-state index is 0.298. The van der Waals surface area contributed by atoms with Crippen molar-refractivity contribution in [3.05, 3.63) is 18.0 Å². The summed E-state index contributed by atoms with van der Waals surface area (Å²) in [5.41, 5.74) is 0.829. The smallest absolute Gasteiger partial charge is 0.110 e. The molecular weight excluding hydrogens is 164 g/mol. The highest BCUT2D eigenvalue weighted by atomic mass is 16.5. The Morgan fingerprint density at radius 2 is 2.69 bits per heavy atom. The van der Waals surface area contributed by atoms with Crippen LogP contribution in [0.5, 0.6) is 0 Å². The van der Waals surface area contributed by atoms with Crippen molar-refractivity contribution in [1.82, 2.24) is 9.78 Å².